The first kappa shape index (κ1) is 13.7. The summed E-state index contributed by atoms with van der Waals surface area (Å²) in [5.41, 5.74) is 1.28. The highest BCUT2D eigenvalue weighted by molar-refractivity contribution is 5.41. The molecular weight excluding hydrogens is 210 g/mol. The van der Waals surface area contributed by atoms with Crippen molar-refractivity contribution in [1.29, 1.82) is 0 Å². The highest BCUT2D eigenvalue weighted by Crippen LogP contribution is 2.12. The molecule has 0 saturated heterocycles. The summed E-state index contributed by atoms with van der Waals surface area (Å²) in [6, 6.07) is 4.21. The second-order valence-corrected chi connectivity index (χ2v) is 4.03. The van der Waals surface area contributed by atoms with E-state index in [0.29, 0.717) is 0 Å². The molecular formula is C14H23N3. The summed E-state index contributed by atoms with van der Waals surface area (Å²) in [6.07, 6.45) is 4.95. The van der Waals surface area contributed by atoms with Gasteiger partial charge in [-0.1, -0.05) is 13.0 Å². The lowest BCUT2D eigenvalue weighted by Crippen LogP contribution is -2.24. The maximum atomic E-state index is 4.41. The molecule has 3 heteroatoms. The molecule has 0 amide bonds. The van der Waals surface area contributed by atoms with Crippen molar-refractivity contribution in [2.75, 3.05) is 24.5 Å². The first-order valence-electron chi connectivity index (χ1n) is 6.33. The van der Waals surface area contributed by atoms with E-state index in [9.17, 15) is 0 Å². The van der Waals surface area contributed by atoms with Gasteiger partial charge in [0.15, 0.2) is 0 Å². The van der Waals surface area contributed by atoms with Gasteiger partial charge in [-0.2, -0.15) is 0 Å². The van der Waals surface area contributed by atoms with Gasteiger partial charge >= 0.3 is 0 Å². The number of likely N-dealkylation sites (N-methyl/N-ethyl adjacent to an activating group) is 1. The van der Waals surface area contributed by atoms with E-state index in [4.69, 9.17) is 0 Å². The Bertz CT molecular complexity index is 336. The second-order valence-electron chi connectivity index (χ2n) is 4.03. The van der Waals surface area contributed by atoms with Crippen LogP contribution in [-0.2, 0) is 6.54 Å². The smallest absolute Gasteiger partial charge is 0.129 e. The number of hydrogen-bond acceptors (Lipinski definition) is 3. The van der Waals surface area contributed by atoms with Crippen LogP contribution < -0.4 is 10.2 Å². The molecule has 1 aromatic heterocycles. The first-order chi connectivity index (χ1) is 8.31. The standard InChI is InChI=1S/C14H23N3/c1-4-8-15-12-13-7-9-16-14(11-13)17(6-3)10-5-2/h5,7,9,11,15H,2,4,6,8,10,12H2,1,3H3. The van der Waals surface area contributed by atoms with Crippen molar-refractivity contribution in [1.82, 2.24) is 10.3 Å². The van der Waals surface area contributed by atoms with Gasteiger partial charge in [-0.3, -0.25) is 0 Å². The molecule has 0 unspecified atom stereocenters. The van der Waals surface area contributed by atoms with Crippen LogP contribution in [-0.4, -0.2) is 24.6 Å². The Hall–Kier alpha value is -1.35. The number of nitrogens with one attached hydrogen (secondary N) is 1. The molecule has 0 radical (unpaired) electrons. The normalized spacial score (nSPS) is 10.2. The lowest BCUT2D eigenvalue weighted by atomic mass is 10.2. The topological polar surface area (TPSA) is 28.2 Å². The van der Waals surface area contributed by atoms with Gasteiger partial charge in [0.1, 0.15) is 5.82 Å². The summed E-state index contributed by atoms with van der Waals surface area (Å²) >= 11 is 0. The van der Waals surface area contributed by atoms with Crippen LogP contribution >= 0.6 is 0 Å². The summed E-state index contributed by atoms with van der Waals surface area (Å²) < 4.78 is 0. The van der Waals surface area contributed by atoms with Crippen LogP contribution in [0.5, 0.6) is 0 Å². The molecule has 1 heterocycles. The average molecular weight is 233 g/mol. The van der Waals surface area contributed by atoms with Crippen LogP contribution in [0.25, 0.3) is 0 Å². The zero-order valence-corrected chi connectivity index (χ0v) is 10.9. The highest BCUT2D eigenvalue weighted by Gasteiger charge is 2.04. The summed E-state index contributed by atoms with van der Waals surface area (Å²) in [5, 5.41) is 3.40. The molecule has 17 heavy (non-hydrogen) atoms. The molecule has 0 fully saturated rings. The van der Waals surface area contributed by atoms with Crippen molar-refractivity contribution in [3.05, 3.63) is 36.5 Å². The fourth-order valence-corrected chi connectivity index (χ4v) is 1.69. The number of aromatic nitrogens is 1. The van der Waals surface area contributed by atoms with E-state index in [1.807, 2.05) is 12.3 Å². The van der Waals surface area contributed by atoms with Crippen molar-refractivity contribution in [2.45, 2.75) is 26.8 Å². The van der Waals surface area contributed by atoms with Crippen molar-refractivity contribution >= 4 is 5.82 Å². The number of pyridine rings is 1. The minimum absolute atomic E-state index is 0.843. The molecule has 0 aliphatic heterocycles. The molecule has 0 saturated carbocycles. The predicted molar refractivity (Wildman–Crippen MR) is 74.3 cm³/mol. The Labute approximate surface area is 105 Å². The minimum Gasteiger partial charge on any atom is -0.353 e. The van der Waals surface area contributed by atoms with Crippen molar-refractivity contribution < 1.29 is 0 Å². The molecule has 0 spiro atoms. The van der Waals surface area contributed by atoms with Gasteiger partial charge in [0.25, 0.3) is 0 Å². The van der Waals surface area contributed by atoms with Crippen LogP contribution in [0, 0.1) is 0 Å². The van der Waals surface area contributed by atoms with E-state index in [2.05, 4.69) is 47.8 Å². The summed E-state index contributed by atoms with van der Waals surface area (Å²) in [4.78, 5) is 6.61. The quantitative estimate of drug-likeness (QED) is 0.552. The fourth-order valence-electron chi connectivity index (χ4n) is 1.69. The molecule has 1 N–H and O–H groups in total. The van der Waals surface area contributed by atoms with Gasteiger partial charge in [0.05, 0.1) is 0 Å². The lowest BCUT2D eigenvalue weighted by Gasteiger charge is -2.20. The molecule has 0 aromatic carbocycles. The third kappa shape index (κ3) is 4.57. The third-order valence-electron chi connectivity index (χ3n) is 2.62. The molecule has 1 rings (SSSR count). The van der Waals surface area contributed by atoms with Gasteiger partial charge in [-0.25, -0.2) is 4.98 Å². The zero-order valence-electron chi connectivity index (χ0n) is 10.9. The summed E-state index contributed by atoms with van der Waals surface area (Å²) in [7, 11) is 0. The van der Waals surface area contributed by atoms with E-state index < -0.39 is 0 Å². The van der Waals surface area contributed by atoms with Gasteiger partial charge < -0.3 is 10.2 Å². The molecule has 0 atom stereocenters. The molecule has 3 nitrogen and oxygen atoms in total. The third-order valence-corrected chi connectivity index (χ3v) is 2.62. The van der Waals surface area contributed by atoms with Crippen LogP contribution in [0.1, 0.15) is 25.8 Å². The first-order valence-corrected chi connectivity index (χ1v) is 6.33. The van der Waals surface area contributed by atoms with Crippen LogP contribution in [0.15, 0.2) is 31.0 Å². The van der Waals surface area contributed by atoms with Gasteiger partial charge in [0.2, 0.25) is 0 Å². The number of rotatable bonds is 8. The molecule has 0 aliphatic rings. The van der Waals surface area contributed by atoms with Crippen LogP contribution in [0.3, 0.4) is 0 Å². The number of hydrogen-bond donors (Lipinski definition) is 1. The Kier molecular flexibility index (Phi) is 6.33. The molecule has 0 bridgehead atoms. The lowest BCUT2D eigenvalue weighted by molar-refractivity contribution is 0.674. The van der Waals surface area contributed by atoms with Crippen molar-refractivity contribution in [2.24, 2.45) is 0 Å². The maximum Gasteiger partial charge on any atom is 0.129 e. The summed E-state index contributed by atoms with van der Waals surface area (Å²) in [6.45, 7) is 11.8. The Morgan fingerprint density at radius 2 is 2.29 bits per heavy atom. The van der Waals surface area contributed by atoms with E-state index in [0.717, 1.165) is 38.4 Å². The van der Waals surface area contributed by atoms with Gasteiger partial charge in [0, 0.05) is 25.8 Å². The second kappa shape index (κ2) is 7.85. The monoisotopic (exact) mass is 233 g/mol. The number of nitrogens with zero attached hydrogens (tertiary/aromatic N) is 2. The molecule has 94 valence electrons. The maximum absolute atomic E-state index is 4.41. The van der Waals surface area contributed by atoms with Gasteiger partial charge in [-0.15, -0.1) is 6.58 Å². The Balaban J connectivity index is 2.66. The van der Waals surface area contributed by atoms with E-state index in [1.165, 1.54) is 5.56 Å². The largest absolute Gasteiger partial charge is 0.353 e. The van der Waals surface area contributed by atoms with Crippen molar-refractivity contribution in [3.8, 4) is 0 Å². The molecule has 0 aliphatic carbocycles. The van der Waals surface area contributed by atoms with E-state index in [-0.39, 0.29) is 0 Å². The van der Waals surface area contributed by atoms with Crippen LogP contribution in [0.2, 0.25) is 0 Å². The summed E-state index contributed by atoms with van der Waals surface area (Å²) in [5.74, 6) is 1.03. The number of anilines is 1. The van der Waals surface area contributed by atoms with E-state index in [1.54, 1.807) is 0 Å². The van der Waals surface area contributed by atoms with Crippen molar-refractivity contribution in [3.63, 3.8) is 0 Å². The predicted octanol–water partition coefficient (Wildman–Crippen LogP) is 2.59. The zero-order chi connectivity index (χ0) is 12.5. The van der Waals surface area contributed by atoms with Gasteiger partial charge in [-0.05, 0) is 37.6 Å². The van der Waals surface area contributed by atoms with Crippen LogP contribution in [0.4, 0.5) is 5.82 Å². The Morgan fingerprint density at radius 1 is 1.47 bits per heavy atom. The molecule has 1 aromatic rings. The minimum atomic E-state index is 0.843. The average Bonchev–Trinajstić information content (AvgIpc) is 2.36. The highest BCUT2D eigenvalue weighted by atomic mass is 15.2. The SMILES string of the molecule is C=CCN(CC)c1cc(CNCCC)ccn1. The Morgan fingerprint density at radius 3 is 2.94 bits per heavy atom. The fraction of sp³-hybridized carbons (Fsp3) is 0.500. The van der Waals surface area contributed by atoms with E-state index >= 15 is 0 Å².